The van der Waals surface area contributed by atoms with E-state index in [1.165, 1.54) is 12.1 Å². The predicted molar refractivity (Wildman–Crippen MR) is 91.4 cm³/mol. The Hall–Kier alpha value is -1.37. The quantitative estimate of drug-likeness (QED) is 0.702. The number of hydrogen-bond donors (Lipinski definition) is 1. The Kier molecular flexibility index (Phi) is 3.92. The number of Topliss-reactive ketones (excluding diaryl/α,β-unsaturated/α-hetero) is 1. The van der Waals surface area contributed by atoms with E-state index in [4.69, 9.17) is 0 Å². The van der Waals surface area contributed by atoms with Gasteiger partial charge in [0.15, 0.2) is 5.78 Å². The topological polar surface area (TPSA) is 46.2 Å². The number of carbonyl (C=O) groups is 2. The maximum Gasteiger partial charge on any atom is 0.416 e. The van der Waals surface area contributed by atoms with E-state index in [0.29, 0.717) is 12.8 Å². The molecule has 2 bridgehead atoms. The Bertz CT molecular complexity index is 761. The van der Waals surface area contributed by atoms with Crippen LogP contribution >= 0.6 is 15.9 Å². The van der Waals surface area contributed by atoms with Gasteiger partial charge in [0.25, 0.3) is 0 Å². The molecule has 1 N–H and O–H groups in total. The van der Waals surface area contributed by atoms with E-state index in [9.17, 15) is 22.8 Å². The summed E-state index contributed by atoms with van der Waals surface area (Å²) < 4.78 is 38.6. The molecule has 0 heterocycles. The van der Waals surface area contributed by atoms with Gasteiger partial charge in [-0.05, 0) is 36.5 Å². The molecule has 25 heavy (non-hydrogen) atoms. The van der Waals surface area contributed by atoms with Crippen LogP contribution in [0.15, 0.2) is 24.3 Å². The highest BCUT2D eigenvalue weighted by molar-refractivity contribution is 9.10. The minimum absolute atomic E-state index is 0.0112. The molecule has 7 heteroatoms. The number of amides is 1. The average molecular weight is 418 g/mol. The molecule has 3 unspecified atom stereocenters. The van der Waals surface area contributed by atoms with E-state index in [2.05, 4.69) is 21.2 Å². The number of hydrogen-bond acceptors (Lipinski definition) is 2. The normalized spacial score (nSPS) is 33.6. The third-order valence-electron chi connectivity index (χ3n) is 6.57. The third-order valence-corrected chi connectivity index (χ3v) is 7.77. The molecule has 0 spiro atoms. The number of rotatable bonds is 2. The van der Waals surface area contributed by atoms with Crippen LogP contribution in [0.3, 0.4) is 0 Å². The number of anilines is 1. The second-order valence-electron chi connectivity index (χ2n) is 7.69. The molecule has 2 aliphatic carbocycles. The molecule has 1 amide bonds. The first-order valence-corrected chi connectivity index (χ1v) is 8.96. The molecule has 136 valence electrons. The number of benzene rings is 1. The molecule has 0 radical (unpaired) electrons. The van der Waals surface area contributed by atoms with Crippen molar-refractivity contribution in [2.75, 3.05) is 5.32 Å². The van der Waals surface area contributed by atoms with E-state index >= 15 is 0 Å². The summed E-state index contributed by atoms with van der Waals surface area (Å²) in [6, 6.07) is 4.54. The number of nitrogens with one attached hydrogen (secondary N) is 1. The monoisotopic (exact) mass is 417 g/mol. The maximum absolute atomic E-state index is 13.1. The fourth-order valence-electron chi connectivity index (χ4n) is 4.47. The lowest BCUT2D eigenvalue weighted by Crippen LogP contribution is -2.48. The summed E-state index contributed by atoms with van der Waals surface area (Å²) in [5.74, 6) is -0.420. The van der Waals surface area contributed by atoms with Gasteiger partial charge in [-0.15, -0.1) is 0 Å². The van der Waals surface area contributed by atoms with Crippen LogP contribution in [0.25, 0.3) is 0 Å². The summed E-state index contributed by atoms with van der Waals surface area (Å²) in [7, 11) is 0. The van der Waals surface area contributed by atoms with Gasteiger partial charge in [-0.1, -0.05) is 42.8 Å². The minimum atomic E-state index is -4.48. The van der Waals surface area contributed by atoms with Gasteiger partial charge in [0.1, 0.15) is 0 Å². The fraction of sp³-hybridized carbons (Fsp3) is 0.556. The second-order valence-corrected chi connectivity index (χ2v) is 8.60. The van der Waals surface area contributed by atoms with Crippen molar-refractivity contribution in [3.8, 4) is 0 Å². The van der Waals surface area contributed by atoms with Crippen LogP contribution in [-0.2, 0) is 15.8 Å². The van der Waals surface area contributed by atoms with Crippen LogP contribution in [-0.4, -0.2) is 16.5 Å². The summed E-state index contributed by atoms with van der Waals surface area (Å²) in [4.78, 5) is 25.1. The molecule has 2 aliphatic rings. The largest absolute Gasteiger partial charge is 0.416 e. The van der Waals surface area contributed by atoms with Gasteiger partial charge in [0, 0.05) is 11.1 Å². The van der Waals surface area contributed by atoms with Crippen molar-refractivity contribution < 1.29 is 22.8 Å². The SMILES string of the molecule is CC12CCC(C(=O)Nc3cccc(C(F)(F)F)c3)(C(Br)C1=O)C2(C)C. The molecule has 3 atom stereocenters. The fourth-order valence-corrected chi connectivity index (χ4v) is 5.99. The number of fused-ring (bicyclic) bond motifs is 2. The van der Waals surface area contributed by atoms with E-state index in [1.807, 2.05) is 20.8 Å². The Morgan fingerprint density at radius 3 is 2.40 bits per heavy atom. The molecule has 2 saturated carbocycles. The molecule has 3 rings (SSSR count). The van der Waals surface area contributed by atoms with Gasteiger partial charge in [-0.25, -0.2) is 0 Å². The number of halogens is 4. The van der Waals surface area contributed by atoms with Crippen molar-refractivity contribution in [1.29, 1.82) is 0 Å². The maximum atomic E-state index is 13.1. The van der Waals surface area contributed by atoms with Gasteiger partial charge >= 0.3 is 6.18 Å². The van der Waals surface area contributed by atoms with E-state index in [-0.39, 0.29) is 11.5 Å². The van der Waals surface area contributed by atoms with Crippen LogP contribution in [0.2, 0.25) is 0 Å². The van der Waals surface area contributed by atoms with Crippen LogP contribution < -0.4 is 5.32 Å². The molecular formula is C18H19BrF3NO2. The summed E-state index contributed by atoms with van der Waals surface area (Å²) in [5, 5.41) is 2.62. The van der Waals surface area contributed by atoms with Gasteiger partial charge in [0.2, 0.25) is 5.91 Å². The minimum Gasteiger partial charge on any atom is -0.326 e. The molecule has 3 nitrogen and oxygen atoms in total. The van der Waals surface area contributed by atoms with Gasteiger partial charge in [-0.3, -0.25) is 9.59 Å². The Balaban J connectivity index is 1.96. The molecule has 2 fully saturated rings. The lowest BCUT2D eigenvalue weighted by atomic mass is 9.64. The average Bonchev–Trinajstić information content (AvgIpc) is 2.79. The van der Waals surface area contributed by atoms with Crippen molar-refractivity contribution in [3.63, 3.8) is 0 Å². The zero-order valence-corrected chi connectivity index (χ0v) is 15.7. The Labute approximate surface area is 152 Å². The van der Waals surface area contributed by atoms with Gasteiger partial charge < -0.3 is 5.32 Å². The summed E-state index contributed by atoms with van der Waals surface area (Å²) >= 11 is 3.40. The molecule has 0 saturated heterocycles. The van der Waals surface area contributed by atoms with Crippen LogP contribution in [0.4, 0.5) is 18.9 Å². The first-order valence-electron chi connectivity index (χ1n) is 8.05. The third kappa shape index (κ3) is 2.24. The lowest BCUT2D eigenvalue weighted by Gasteiger charge is -2.39. The van der Waals surface area contributed by atoms with Crippen molar-refractivity contribution in [2.24, 2.45) is 16.2 Å². The zero-order valence-electron chi connectivity index (χ0n) is 14.1. The molecular weight excluding hydrogens is 399 g/mol. The van der Waals surface area contributed by atoms with Crippen molar-refractivity contribution in [2.45, 2.75) is 44.6 Å². The highest BCUT2D eigenvalue weighted by atomic mass is 79.9. The van der Waals surface area contributed by atoms with E-state index in [1.54, 1.807) is 0 Å². The highest BCUT2D eigenvalue weighted by Gasteiger charge is 2.76. The molecule has 1 aromatic rings. The summed E-state index contributed by atoms with van der Waals surface area (Å²) in [6.07, 6.45) is -3.37. The van der Waals surface area contributed by atoms with Gasteiger partial charge in [-0.2, -0.15) is 13.2 Å². The zero-order chi connectivity index (χ0) is 18.8. The highest BCUT2D eigenvalue weighted by Crippen LogP contribution is 2.72. The predicted octanol–water partition coefficient (Wildman–Crippen LogP) is 4.80. The van der Waals surface area contributed by atoms with Gasteiger partial charge in [0.05, 0.1) is 15.8 Å². The smallest absolute Gasteiger partial charge is 0.326 e. The van der Waals surface area contributed by atoms with Crippen molar-refractivity contribution in [1.82, 2.24) is 0 Å². The first-order chi connectivity index (χ1) is 11.4. The van der Waals surface area contributed by atoms with Crippen LogP contribution in [0.5, 0.6) is 0 Å². The summed E-state index contributed by atoms with van der Waals surface area (Å²) in [6.45, 7) is 5.66. The van der Waals surface area contributed by atoms with Crippen molar-refractivity contribution in [3.05, 3.63) is 29.8 Å². The lowest BCUT2D eigenvalue weighted by molar-refractivity contribution is -0.137. The van der Waals surface area contributed by atoms with E-state index < -0.39 is 38.7 Å². The second kappa shape index (κ2) is 5.32. The van der Waals surface area contributed by atoms with Crippen molar-refractivity contribution >= 4 is 33.3 Å². The number of carbonyl (C=O) groups excluding carboxylic acids is 2. The Morgan fingerprint density at radius 1 is 1.24 bits per heavy atom. The Morgan fingerprint density at radius 2 is 1.88 bits per heavy atom. The molecule has 0 aliphatic heterocycles. The number of alkyl halides is 4. The first kappa shape index (κ1) is 18.4. The standard InChI is InChI=1S/C18H19BrF3NO2/c1-15(2)16(3)7-8-17(15,12(19)13(16)24)14(25)23-11-6-4-5-10(9-11)18(20,21)22/h4-6,9,12H,7-8H2,1-3H3,(H,23,25). The summed E-state index contributed by atoms with van der Waals surface area (Å²) in [5.41, 5.74) is -2.94. The molecule has 1 aromatic carbocycles. The van der Waals surface area contributed by atoms with Crippen LogP contribution in [0.1, 0.15) is 39.2 Å². The van der Waals surface area contributed by atoms with Crippen LogP contribution in [0, 0.1) is 16.2 Å². The molecule has 0 aromatic heterocycles. The van der Waals surface area contributed by atoms with E-state index in [0.717, 1.165) is 12.1 Å². The number of ketones is 1.